The van der Waals surface area contributed by atoms with E-state index in [1.54, 1.807) is 12.1 Å². The lowest BCUT2D eigenvalue weighted by Crippen LogP contribution is -2.47. The molecule has 1 heterocycles. The predicted octanol–water partition coefficient (Wildman–Crippen LogP) is 4.26. The van der Waals surface area contributed by atoms with Gasteiger partial charge < -0.3 is 4.74 Å². The Balaban J connectivity index is 1.71. The zero-order valence-electron chi connectivity index (χ0n) is 12.6. The van der Waals surface area contributed by atoms with Gasteiger partial charge in [-0.25, -0.2) is 4.39 Å². The second-order valence-electron chi connectivity index (χ2n) is 6.53. The van der Waals surface area contributed by atoms with Crippen molar-refractivity contribution in [2.45, 2.75) is 44.8 Å². The van der Waals surface area contributed by atoms with Crippen molar-refractivity contribution in [2.75, 3.05) is 20.2 Å². The van der Waals surface area contributed by atoms with Crippen LogP contribution in [0.25, 0.3) is 0 Å². The highest BCUT2D eigenvalue weighted by molar-refractivity contribution is 6.30. The third kappa shape index (κ3) is 3.10. The van der Waals surface area contributed by atoms with Crippen molar-refractivity contribution in [3.8, 4) is 0 Å². The molecule has 2 aliphatic rings. The molecule has 0 aromatic heterocycles. The summed E-state index contributed by atoms with van der Waals surface area (Å²) in [5.41, 5.74) is 1.03. The number of nitrogens with zero attached hydrogens (tertiary/aromatic N) is 1. The third-order valence-corrected chi connectivity index (χ3v) is 5.44. The van der Waals surface area contributed by atoms with Crippen molar-refractivity contribution in [1.29, 1.82) is 0 Å². The minimum absolute atomic E-state index is 0.197. The average molecular weight is 312 g/mol. The first-order valence-electron chi connectivity index (χ1n) is 7.82. The van der Waals surface area contributed by atoms with Gasteiger partial charge in [0.05, 0.1) is 6.10 Å². The van der Waals surface area contributed by atoms with Gasteiger partial charge in [-0.15, -0.1) is 0 Å². The summed E-state index contributed by atoms with van der Waals surface area (Å²) < 4.78 is 19.7. The van der Waals surface area contributed by atoms with Crippen molar-refractivity contribution in [3.63, 3.8) is 0 Å². The van der Waals surface area contributed by atoms with Gasteiger partial charge in [-0.3, -0.25) is 4.90 Å². The third-order valence-electron chi connectivity index (χ3n) is 5.21. The van der Waals surface area contributed by atoms with Crippen LogP contribution in [0, 0.1) is 11.2 Å². The van der Waals surface area contributed by atoms with Crippen LogP contribution < -0.4 is 0 Å². The van der Waals surface area contributed by atoms with Crippen LogP contribution in [0.15, 0.2) is 18.2 Å². The maximum atomic E-state index is 14.0. The van der Waals surface area contributed by atoms with Gasteiger partial charge in [-0.05, 0) is 44.4 Å². The molecule has 2 fully saturated rings. The number of piperidine rings is 1. The van der Waals surface area contributed by atoms with Crippen LogP contribution in [-0.2, 0) is 11.3 Å². The van der Waals surface area contributed by atoms with Gasteiger partial charge in [-0.2, -0.15) is 0 Å². The van der Waals surface area contributed by atoms with Gasteiger partial charge in [0, 0.05) is 36.2 Å². The van der Waals surface area contributed by atoms with E-state index in [2.05, 4.69) is 4.90 Å². The minimum Gasteiger partial charge on any atom is -0.381 e. The van der Waals surface area contributed by atoms with Crippen LogP contribution >= 0.6 is 11.6 Å². The molecule has 3 rings (SSSR count). The van der Waals surface area contributed by atoms with Crippen molar-refractivity contribution in [3.05, 3.63) is 34.6 Å². The molecule has 0 radical (unpaired) electrons. The second kappa shape index (κ2) is 6.23. The van der Waals surface area contributed by atoms with Crippen LogP contribution in [0.1, 0.15) is 37.7 Å². The summed E-state index contributed by atoms with van der Waals surface area (Å²) >= 11 is 5.83. The van der Waals surface area contributed by atoms with Gasteiger partial charge in [0.2, 0.25) is 0 Å². The smallest absolute Gasteiger partial charge is 0.129 e. The standard InChI is InChI=1S/C17H23ClFNO/c1-21-16-4-2-7-17(16)8-3-9-20(12-17)11-13-5-6-14(18)10-15(13)19/h5-6,10,16H,2-4,7-9,11-12H2,1H3/t16-,17+/m1/s1. The van der Waals surface area contributed by atoms with E-state index < -0.39 is 0 Å². The number of rotatable bonds is 3. The zero-order valence-corrected chi connectivity index (χ0v) is 13.3. The lowest BCUT2D eigenvalue weighted by molar-refractivity contribution is -0.0368. The van der Waals surface area contributed by atoms with Gasteiger partial charge >= 0.3 is 0 Å². The molecule has 2 nitrogen and oxygen atoms in total. The molecule has 0 amide bonds. The molecular weight excluding hydrogens is 289 g/mol. The molecule has 2 atom stereocenters. The van der Waals surface area contributed by atoms with Crippen LogP contribution in [0.3, 0.4) is 0 Å². The van der Waals surface area contributed by atoms with Gasteiger partial charge in [-0.1, -0.05) is 24.1 Å². The Kier molecular flexibility index (Phi) is 4.53. The number of methoxy groups -OCH3 is 1. The van der Waals surface area contributed by atoms with E-state index >= 15 is 0 Å². The summed E-state index contributed by atoms with van der Waals surface area (Å²) in [6, 6.07) is 4.98. The Bertz CT molecular complexity index is 510. The van der Waals surface area contributed by atoms with E-state index in [0.29, 0.717) is 17.7 Å². The fourth-order valence-corrected chi connectivity index (χ4v) is 4.38. The first-order chi connectivity index (χ1) is 10.1. The van der Waals surface area contributed by atoms with Crippen LogP contribution in [0.5, 0.6) is 0 Å². The molecule has 1 aliphatic carbocycles. The summed E-state index contributed by atoms with van der Waals surface area (Å²) in [4.78, 5) is 2.38. The van der Waals surface area contributed by atoms with E-state index in [4.69, 9.17) is 16.3 Å². The number of benzene rings is 1. The largest absolute Gasteiger partial charge is 0.381 e. The first-order valence-corrected chi connectivity index (χ1v) is 8.20. The molecule has 1 aliphatic heterocycles. The van der Waals surface area contributed by atoms with Crippen LogP contribution in [0.4, 0.5) is 4.39 Å². The Morgan fingerprint density at radius 3 is 2.95 bits per heavy atom. The number of halogens is 2. The molecule has 1 spiro atoms. The fourth-order valence-electron chi connectivity index (χ4n) is 4.23. The topological polar surface area (TPSA) is 12.5 Å². The predicted molar refractivity (Wildman–Crippen MR) is 83.0 cm³/mol. The Morgan fingerprint density at radius 1 is 1.38 bits per heavy atom. The Hall–Kier alpha value is -0.640. The summed E-state index contributed by atoms with van der Waals surface area (Å²) in [6.07, 6.45) is 6.45. The molecule has 1 aromatic rings. The second-order valence-corrected chi connectivity index (χ2v) is 6.97. The van der Waals surface area contributed by atoms with Gasteiger partial charge in [0.1, 0.15) is 5.82 Å². The van der Waals surface area contributed by atoms with E-state index in [1.807, 2.05) is 7.11 Å². The maximum Gasteiger partial charge on any atom is 0.129 e. The normalized spacial score (nSPS) is 30.1. The fraction of sp³-hybridized carbons (Fsp3) is 0.647. The van der Waals surface area contributed by atoms with Crippen LogP contribution in [0.2, 0.25) is 5.02 Å². The highest BCUT2D eigenvalue weighted by Crippen LogP contribution is 2.46. The van der Waals surface area contributed by atoms with E-state index in [0.717, 1.165) is 18.7 Å². The molecule has 0 bridgehead atoms. The number of hydrogen-bond acceptors (Lipinski definition) is 2. The number of hydrogen-bond donors (Lipinski definition) is 0. The maximum absolute atomic E-state index is 14.0. The summed E-state index contributed by atoms with van der Waals surface area (Å²) in [7, 11) is 1.83. The van der Waals surface area contributed by atoms with Crippen molar-refractivity contribution in [1.82, 2.24) is 4.90 Å². The molecular formula is C17H23ClFNO. The molecule has 21 heavy (non-hydrogen) atoms. The highest BCUT2D eigenvalue weighted by Gasteiger charge is 2.45. The van der Waals surface area contributed by atoms with Crippen LogP contribution in [-0.4, -0.2) is 31.2 Å². The summed E-state index contributed by atoms with van der Waals surface area (Å²) in [5, 5.41) is 0.460. The monoisotopic (exact) mass is 311 g/mol. The average Bonchev–Trinajstić information content (AvgIpc) is 2.84. The molecule has 116 valence electrons. The van der Waals surface area contributed by atoms with Crippen molar-refractivity contribution in [2.24, 2.45) is 5.41 Å². The number of likely N-dealkylation sites (tertiary alicyclic amines) is 1. The Labute approximate surface area is 131 Å². The molecule has 1 saturated heterocycles. The summed E-state index contributed by atoms with van der Waals surface area (Å²) in [5.74, 6) is -0.197. The molecule has 0 N–H and O–H groups in total. The lowest BCUT2D eigenvalue weighted by Gasteiger charge is -2.43. The van der Waals surface area contributed by atoms with Gasteiger partial charge in [0.15, 0.2) is 0 Å². The van der Waals surface area contributed by atoms with E-state index in [-0.39, 0.29) is 11.2 Å². The highest BCUT2D eigenvalue weighted by atomic mass is 35.5. The van der Waals surface area contributed by atoms with Crippen molar-refractivity contribution >= 4 is 11.6 Å². The first kappa shape index (κ1) is 15.3. The lowest BCUT2D eigenvalue weighted by atomic mass is 9.76. The van der Waals surface area contributed by atoms with Crippen molar-refractivity contribution < 1.29 is 9.13 Å². The van der Waals surface area contributed by atoms with Gasteiger partial charge in [0.25, 0.3) is 0 Å². The Morgan fingerprint density at radius 2 is 2.19 bits per heavy atom. The zero-order chi connectivity index (χ0) is 14.9. The quantitative estimate of drug-likeness (QED) is 0.827. The van der Waals surface area contributed by atoms with E-state index in [9.17, 15) is 4.39 Å². The molecule has 1 aromatic carbocycles. The number of ether oxygens (including phenoxy) is 1. The minimum atomic E-state index is -0.197. The molecule has 4 heteroatoms. The van der Waals surface area contributed by atoms with E-state index in [1.165, 1.54) is 38.2 Å². The molecule has 1 saturated carbocycles. The SMILES string of the molecule is CO[C@@H]1CCC[C@@]12CCCN(Cc1ccc(Cl)cc1F)C2. The summed E-state index contributed by atoms with van der Waals surface area (Å²) in [6.45, 7) is 2.73. The molecule has 0 unspecified atom stereocenters.